The largest absolute Gasteiger partial charge is 0.331 e. The Labute approximate surface area is 142 Å². The van der Waals surface area contributed by atoms with Crippen LogP contribution in [0.4, 0.5) is 5.13 Å². The smallest absolute Gasteiger partial charge is 0.245 e. The van der Waals surface area contributed by atoms with Crippen molar-refractivity contribution in [2.45, 2.75) is 65.8 Å². The molecule has 0 radical (unpaired) electrons. The maximum atomic E-state index is 12.7. The van der Waals surface area contributed by atoms with Crippen molar-refractivity contribution in [1.82, 2.24) is 9.88 Å². The van der Waals surface area contributed by atoms with E-state index in [9.17, 15) is 9.59 Å². The lowest BCUT2D eigenvalue weighted by Crippen LogP contribution is -2.45. The highest BCUT2D eigenvalue weighted by Gasteiger charge is 2.28. The van der Waals surface area contributed by atoms with Gasteiger partial charge in [-0.2, -0.15) is 0 Å². The molecule has 1 aliphatic carbocycles. The maximum Gasteiger partial charge on any atom is 0.245 e. The number of aromatic nitrogens is 1. The van der Waals surface area contributed by atoms with Crippen LogP contribution in [0.25, 0.3) is 0 Å². The van der Waals surface area contributed by atoms with Crippen LogP contribution in [0.2, 0.25) is 0 Å². The fourth-order valence-electron chi connectivity index (χ4n) is 2.94. The molecule has 0 atom stereocenters. The van der Waals surface area contributed by atoms with E-state index in [4.69, 9.17) is 0 Å². The highest BCUT2D eigenvalue weighted by molar-refractivity contribution is 7.15. The summed E-state index contributed by atoms with van der Waals surface area (Å²) in [6.07, 6.45) is 5.36. The van der Waals surface area contributed by atoms with Gasteiger partial charge in [-0.15, -0.1) is 11.3 Å². The Morgan fingerprint density at radius 2 is 1.91 bits per heavy atom. The molecule has 5 nitrogen and oxygen atoms in total. The molecular formula is C17H27N3O2S. The Bertz CT molecular complexity index is 543. The van der Waals surface area contributed by atoms with Crippen LogP contribution in [0.15, 0.2) is 0 Å². The number of rotatable bonds is 5. The van der Waals surface area contributed by atoms with Gasteiger partial charge in [-0.1, -0.05) is 19.3 Å². The molecule has 1 aromatic heterocycles. The van der Waals surface area contributed by atoms with Crippen molar-refractivity contribution in [3.63, 3.8) is 0 Å². The monoisotopic (exact) mass is 337 g/mol. The van der Waals surface area contributed by atoms with Crippen molar-refractivity contribution in [3.05, 3.63) is 10.6 Å². The number of amides is 2. The van der Waals surface area contributed by atoms with Gasteiger partial charge in [0.2, 0.25) is 11.8 Å². The lowest BCUT2D eigenvalue weighted by atomic mass is 9.88. The van der Waals surface area contributed by atoms with E-state index < -0.39 is 0 Å². The molecule has 1 N–H and O–H groups in total. The van der Waals surface area contributed by atoms with E-state index in [2.05, 4.69) is 10.3 Å². The second-order valence-electron chi connectivity index (χ2n) is 6.60. The molecule has 1 aliphatic rings. The molecule has 0 aromatic carbocycles. The topological polar surface area (TPSA) is 62.3 Å². The van der Waals surface area contributed by atoms with Crippen molar-refractivity contribution in [3.8, 4) is 0 Å². The molecule has 1 heterocycles. The Morgan fingerprint density at radius 3 is 2.43 bits per heavy atom. The molecule has 0 unspecified atom stereocenters. The summed E-state index contributed by atoms with van der Waals surface area (Å²) >= 11 is 1.47. The molecule has 0 aliphatic heterocycles. The second-order valence-corrected chi connectivity index (χ2v) is 7.81. The first-order valence-electron chi connectivity index (χ1n) is 8.43. The van der Waals surface area contributed by atoms with E-state index in [0.717, 1.165) is 36.3 Å². The van der Waals surface area contributed by atoms with Crippen LogP contribution in [0.1, 0.15) is 56.5 Å². The summed E-state index contributed by atoms with van der Waals surface area (Å²) in [6.45, 7) is 7.94. The summed E-state index contributed by atoms with van der Waals surface area (Å²) in [4.78, 5) is 32.1. The summed E-state index contributed by atoms with van der Waals surface area (Å²) in [5, 5.41) is 3.43. The molecule has 2 amide bonds. The average molecular weight is 337 g/mol. The van der Waals surface area contributed by atoms with Crippen molar-refractivity contribution >= 4 is 28.3 Å². The van der Waals surface area contributed by atoms with Gasteiger partial charge < -0.3 is 10.2 Å². The second kappa shape index (κ2) is 7.90. The summed E-state index contributed by atoms with van der Waals surface area (Å²) in [5.74, 6) is 0.0428. The molecule has 1 fully saturated rings. The van der Waals surface area contributed by atoms with Crippen LogP contribution < -0.4 is 5.32 Å². The molecule has 0 spiro atoms. The zero-order valence-corrected chi connectivity index (χ0v) is 15.3. The number of nitrogens with zero attached hydrogens (tertiary/aromatic N) is 2. The number of hydrogen-bond acceptors (Lipinski definition) is 4. The molecule has 0 bridgehead atoms. The van der Waals surface area contributed by atoms with Crippen LogP contribution in [0.5, 0.6) is 0 Å². The average Bonchev–Trinajstić information content (AvgIpc) is 2.82. The van der Waals surface area contributed by atoms with Gasteiger partial charge in [0.1, 0.15) is 6.54 Å². The summed E-state index contributed by atoms with van der Waals surface area (Å²) in [7, 11) is 0. The van der Waals surface area contributed by atoms with Crippen LogP contribution in [0.3, 0.4) is 0 Å². The van der Waals surface area contributed by atoms with Crippen LogP contribution >= 0.6 is 11.3 Å². The van der Waals surface area contributed by atoms with E-state index in [1.165, 1.54) is 17.8 Å². The van der Waals surface area contributed by atoms with Crippen LogP contribution in [0, 0.1) is 19.8 Å². The minimum atomic E-state index is -0.170. The minimum Gasteiger partial charge on any atom is -0.331 e. The van der Waals surface area contributed by atoms with E-state index in [-0.39, 0.29) is 30.3 Å². The Kier molecular flexibility index (Phi) is 6.16. The van der Waals surface area contributed by atoms with Crippen molar-refractivity contribution in [2.24, 2.45) is 5.92 Å². The Balaban J connectivity index is 1.97. The van der Waals surface area contributed by atoms with E-state index >= 15 is 0 Å². The molecule has 23 heavy (non-hydrogen) atoms. The quantitative estimate of drug-likeness (QED) is 0.894. The van der Waals surface area contributed by atoms with Gasteiger partial charge >= 0.3 is 0 Å². The number of carbonyl (C=O) groups excluding carboxylic acids is 2. The zero-order chi connectivity index (χ0) is 17.0. The molecule has 1 saturated carbocycles. The summed E-state index contributed by atoms with van der Waals surface area (Å²) in [6, 6.07) is 0.0231. The van der Waals surface area contributed by atoms with Gasteiger partial charge in [0, 0.05) is 16.8 Å². The number of thiazole rings is 1. The SMILES string of the molecule is Cc1nc(NC(=O)CN(C(=O)C2CCCCC2)C(C)C)sc1C. The van der Waals surface area contributed by atoms with Crippen molar-refractivity contribution in [2.75, 3.05) is 11.9 Å². The fraction of sp³-hybridized carbons (Fsp3) is 0.706. The van der Waals surface area contributed by atoms with Crippen molar-refractivity contribution in [1.29, 1.82) is 0 Å². The standard InChI is InChI=1S/C17H27N3O2S/c1-11(2)20(16(22)14-8-6-5-7-9-14)10-15(21)19-17-18-12(3)13(4)23-17/h11,14H,5-10H2,1-4H3,(H,18,19,21). The number of carbonyl (C=O) groups is 2. The van der Waals surface area contributed by atoms with Gasteiger partial charge in [0.15, 0.2) is 5.13 Å². The summed E-state index contributed by atoms with van der Waals surface area (Å²) in [5.41, 5.74) is 0.935. The third-order valence-electron chi connectivity index (χ3n) is 4.45. The molecule has 6 heteroatoms. The number of hydrogen-bond donors (Lipinski definition) is 1. The van der Waals surface area contributed by atoms with Crippen LogP contribution in [-0.2, 0) is 9.59 Å². The van der Waals surface area contributed by atoms with Gasteiger partial charge in [0.05, 0.1) is 5.69 Å². The van der Waals surface area contributed by atoms with Gasteiger partial charge in [-0.3, -0.25) is 9.59 Å². The van der Waals surface area contributed by atoms with E-state index in [0.29, 0.717) is 5.13 Å². The number of nitrogens with one attached hydrogen (secondary N) is 1. The number of aryl methyl sites for hydroxylation is 2. The third kappa shape index (κ3) is 4.77. The lowest BCUT2D eigenvalue weighted by Gasteiger charge is -2.31. The van der Waals surface area contributed by atoms with E-state index in [1.807, 2.05) is 27.7 Å². The predicted octanol–water partition coefficient (Wildman–Crippen LogP) is 3.52. The Morgan fingerprint density at radius 1 is 1.26 bits per heavy atom. The highest BCUT2D eigenvalue weighted by atomic mass is 32.1. The van der Waals surface area contributed by atoms with Crippen LogP contribution in [-0.4, -0.2) is 34.3 Å². The summed E-state index contributed by atoms with van der Waals surface area (Å²) < 4.78 is 0. The lowest BCUT2D eigenvalue weighted by molar-refractivity contribution is -0.141. The molecule has 128 valence electrons. The zero-order valence-electron chi connectivity index (χ0n) is 14.5. The molecular weight excluding hydrogens is 310 g/mol. The molecule has 2 rings (SSSR count). The first-order chi connectivity index (χ1) is 10.9. The van der Waals surface area contributed by atoms with Gasteiger partial charge in [-0.05, 0) is 40.5 Å². The number of anilines is 1. The maximum absolute atomic E-state index is 12.7. The fourth-order valence-corrected chi connectivity index (χ4v) is 3.77. The normalized spacial score (nSPS) is 15.7. The van der Waals surface area contributed by atoms with Gasteiger partial charge in [0.25, 0.3) is 0 Å². The first kappa shape index (κ1) is 17.9. The Hall–Kier alpha value is -1.43. The van der Waals surface area contributed by atoms with Gasteiger partial charge in [-0.25, -0.2) is 4.98 Å². The molecule has 1 aromatic rings. The van der Waals surface area contributed by atoms with Crippen molar-refractivity contribution < 1.29 is 9.59 Å². The predicted molar refractivity (Wildman–Crippen MR) is 93.6 cm³/mol. The third-order valence-corrected chi connectivity index (χ3v) is 5.44. The first-order valence-corrected chi connectivity index (χ1v) is 9.24. The molecule has 0 saturated heterocycles. The highest BCUT2D eigenvalue weighted by Crippen LogP contribution is 2.26. The minimum absolute atomic E-state index is 0.0231. The van der Waals surface area contributed by atoms with E-state index in [1.54, 1.807) is 4.90 Å².